The lowest BCUT2D eigenvalue weighted by Gasteiger charge is -2.65. The van der Waals surface area contributed by atoms with Gasteiger partial charge in [0.25, 0.3) is 6.71 Å². The number of hydrogen-bond donors (Lipinski definition) is 0. The molecule has 0 spiro atoms. The van der Waals surface area contributed by atoms with Crippen molar-refractivity contribution in [2.24, 2.45) is 16.2 Å². The molecule has 14 rings (SSSR count). The summed E-state index contributed by atoms with van der Waals surface area (Å²) in [6.07, 6.45) is 4.39. The summed E-state index contributed by atoms with van der Waals surface area (Å²) in [7, 11) is 0. The Morgan fingerprint density at radius 1 is 0.386 bits per heavy atom. The SMILES string of the molecule is CC1(C)Cc2cc3c(cc2C1)N(c1ccc(C(C)(C)C)cc1-c1ccccc1)c1cc(N2c4ccc(C(C)(C)C)cc4C4(C)C(C)(C)CCC(C)(C)C24C)cc2c1B3c1cc(-c3ccccc3)ccc1N2c1ccc(-c2ccccc2)cc1. The monoisotopic (exact) mass is 1080 g/mol. The lowest BCUT2D eigenvalue weighted by Crippen LogP contribution is -2.69. The van der Waals surface area contributed by atoms with Crippen LogP contribution in [0.25, 0.3) is 33.4 Å². The van der Waals surface area contributed by atoms with E-state index in [0.717, 1.165) is 31.4 Å². The molecule has 3 heterocycles. The number of benzene rings is 9. The molecule has 0 amide bonds. The van der Waals surface area contributed by atoms with Gasteiger partial charge in [-0.1, -0.05) is 230 Å². The second-order valence-electron chi connectivity index (χ2n) is 29.9. The number of rotatable bonds is 6. The van der Waals surface area contributed by atoms with E-state index in [-0.39, 0.29) is 44.7 Å². The zero-order valence-electron chi connectivity index (χ0n) is 51.7. The highest BCUT2D eigenvalue weighted by molar-refractivity contribution is 7.00. The van der Waals surface area contributed by atoms with Crippen LogP contribution in [0.4, 0.5) is 45.5 Å². The first kappa shape index (κ1) is 53.5. The Bertz CT molecular complexity index is 4060. The van der Waals surface area contributed by atoms with Gasteiger partial charge in [-0.15, -0.1) is 0 Å². The summed E-state index contributed by atoms with van der Waals surface area (Å²) in [6.45, 7) is 34.7. The third-order valence-electron chi connectivity index (χ3n) is 21.6. The van der Waals surface area contributed by atoms with Gasteiger partial charge in [0.1, 0.15) is 0 Å². The summed E-state index contributed by atoms with van der Waals surface area (Å²) in [5.74, 6) is 0. The van der Waals surface area contributed by atoms with Gasteiger partial charge in [-0.05, 0) is 186 Å². The molecule has 0 aromatic heterocycles. The molecule has 2 unspecified atom stereocenters. The van der Waals surface area contributed by atoms with Crippen LogP contribution in [0, 0.1) is 16.2 Å². The predicted molar refractivity (Wildman–Crippen MR) is 356 cm³/mol. The van der Waals surface area contributed by atoms with Crippen LogP contribution >= 0.6 is 0 Å². The normalized spacial score (nSPS) is 20.5. The van der Waals surface area contributed by atoms with Crippen molar-refractivity contribution in [2.45, 2.75) is 144 Å². The largest absolute Gasteiger partial charge is 0.334 e. The van der Waals surface area contributed by atoms with E-state index >= 15 is 0 Å². The number of nitrogens with zero attached hydrogens (tertiary/aromatic N) is 3. The number of hydrogen-bond acceptors (Lipinski definition) is 3. The molecule has 0 saturated heterocycles. The summed E-state index contributed by atoms with van der Waals surface area (Å²) in [4.78, 5) is 8.27. The molecule has 0 bridgehead atoms. The van der Waals surface area contributed by atoms with E-state index in [1.165, 1.54) is 117 Å². The van der Waals surface area contributed by atoms with Gasteiger partial charge in [-0.3, -0.25) is 0 Å². The zero-order chi connectivity index (χ0) is 58.0. The molecule has 9 aromatic rings. The van der Waals surface area contributed by atoms with Crippen LogP contribution in [0.2, 0.25) is 0 Å². The fraction of sp³-hybridized carbons (Fsp3) is 0.316. The Labute approximate surface area is 496 Å². The summed E-state index contributed by atoms with van der Waals surface area (Å²) >= 11 is 0. The Morgan fingerprint density at radius 2 is 0.880 bits per heavy atom. The molecule has 0 radical (unpaired) electrons. The number of fused-ring (bicyclic) bond motifs is 8. The Balaban J connectivity index is 1.14. The summed E-state index contributed by atoms with van der Waals surface area (Å²) in [6, 6.07) is 75.5. The molecule has 3 nitrogen and oxygen atoms in total. The maximum absolute atomic E-state index is 2.88. The Kier molecular flexibility index (Phi) is 11.7. The minimum Gasteiger partial charge on any atom is -0.334 e. The molecule has 2 atom stereocenters. The second kappa shape index (κ2) is 18.2. The average Bonchev–Trinajstić information content (AvgIpc) is 1.59. The molecule has 3 aliphatic heterocycles. The van der Waals surface area contributed by atoms with E-state index in [0.29, 0.717) is 0 Å². The standard InChI is InChI=1S/C79H82BN3/c1-73(2,3)58-33-38-66(62(45-58)54-28-22-17-23-29-54)82-69-44-57-50-75(7,8)49-56(57)43-65(69)80-64-42-55(52-26-20-16-21-27-52)32-37-68(64)81(60-35-30-53(31-36-60)51-24-18-15-19-25-51)70-47-61(48-71(82)72(70)80)83-67-39-34-59(74(4,5)6)46-63(67)78(13)76(9,10)40-41-77(11,12)79(78,83)14/h15-39,42-48H,40-41,49-50H2,1-14H3. The van der Waals surface area contributed by atoms with Crippen LogP contribution in [0.5, 0.6) is 0 Å². The van der Waals surface area contributed by atoms with E-state index in [1.54, 1.807) is 0 Å². The smallest absolute Gasteiger partial charge is 0.252 e. The fourth-order valence-electron chi connectivity index (χ4n) is 16.3. The highest BCUT2D eigenvalue weighted by atomic mass is 15.3. The molecular formula is C79H82BN3. The second-order valence-corrected chi connectivity index (χ2v) is 29.9. The summed E-state index contributed by atoms with van der Waals surface area (Å²) in [5, 5.41) is 0. The highest BCUT2D eigenvalue weighted by Gasteiger charge is 2.70. The topological polar surface area (TPSA) is 9.72 Å². The zero-order valence-corrected chi connectivity index (χ0v) is 51.7. The fourth-order valence-corrected chi connectivity index (χ4v) is 16.3. The van der Waals surface area contributed by atoms with Crippen molar-refractivity contribution in [1.29, 1.82) is 0 Å². The van der Waals surface area contributed by atoms with Crippen molar-refractivity contribution in [3.05, 3.63) is 222 Å². The molecule has 1 saturated carbocycles. The third-order valence-corrected chi connectivity index (χ3v) is 21.6. The van der Waals surface area contributed by atoms with Gasteiger partial charge in [-0.25, -0.2) is 0 Å². The first-order chi connectivity index (χ1) is 39.4. The summed E-state index contributed by atoms with van der Waals surface area (Å²) < 4.78 is 0. The van der Waals surface area contributed by atoms with E-state index in [9.17, 15) is 0 Å². The van der Waals surface area contributed by atoms with Gasteiger partial charge in [0, 0.05) is 50.8 Å². The van der Waals surface area contributed by atoms with E-state index < -0.39 is 0 Å². The average molecular weight is 1080 g/mol. The van der Waals surface area contributed by atoms with Crippen molar-refractivity contribution in [1.82, 2.24) is 0 Å². The maximum atomic E-state index is 2.88. The van der Waals surface area contributed by atoms with Crippen molar-refractivity contribution >= 4 is 68.6 Å². The number of anilines is 8. The van der Waals surface area contributed by atoms with Crippen LogP contribution in [-0.4, -0.2) is 12.3 Å². The minimum absolute atomic E-state index is 0.00863. The van der Waals surface area contributed by atoms with E-state index in [1.807, 2.05) is 0 Å². The first-order valence-corrected chi connectivity index (χ1v) is 30.8. The van der Waals surface area contributed by atoms with Gasteiger partial charge in [-0.2, -0.15) is 0 Å². The lowest BCUT2D eigenvalue weighted by atomic mass is 9.33. The first-order valence-electron chi connectivity index (χ1n) is 30.8. The Hall–Kier alpha value is -7.56. The lowest BCUT2D eigenvalue weighted by molar-refractivity contribution is -0.0415. The van der Waals surface area contributed by atoms with Gasteiger partial charge in [0.05, 0.1) is 11.2 Å². The molecule has 83 heavy (non-hydrogen) atoms. The molecule has 2 aliphatic carbocycles. The molecule has 416 valence electrons. The molecule has 4 heteroatoms. The van der Waals surface area contributed by atoms with Crippen LogP contribution in [0.15, 0.2) is 194 Å². The van der Waals surface area contributed by atoms with Crippen LogP contribution in [-0.2, 0) is 29.1 Å². The van der Waals surface area contributed by atoms with Gasteiger partial charge >= 0.3 is 0 Å². The maximum Gasteiger partial charge on any atom is 0.252 e. The minimum atomic E-state index is -0.340. The van der Waals surface area contributed by atoms with Crippen molar-refractivity contribution in [3.63, 3.8) is 0 Å². The third kappa shape index (κ3) is 7.97. The highest BCUT2D eigenvalue weighted by Crippen LogP contribution is 2.72. The van der Waals surface area contributed by atoms with Crippen LogP contribution in [0.1, 0.15) is 138 Å². The molecule has 0 N–H and O–H groups in total. The van der Waals surface area contributed by atoms with Gasteiger partial charge in [0.2, 0.25) is 0 Å². The molecule has 5 aliphatic rings. The van der Waals surface area contributed by atoms with Gasteiger partial charge in [0.15, 0.2) is 0 Å². The predicted octanol–water partition coefficient (Wildman–Crippen LogP) is 19.5. The van der Waals surface area contributed by atoms with Gasteiger partial charge < -0.3 is 14.7 Å². The van der Waals surface area contributed by atoms with Crippen molar-refractivity contribution < 1.29 is 0 Å². The summed E-state index contributed by atoms with van der Waals surface area (Å²) in [5.41, 5.74) is 27.9. The van der Waals surface area contributed by atoms with Crippen molar-refractivity contribution in [3.8, 4) is 33.4 Å². The van der Waals surface area contributed by atoms with E-state index in [2.05, 4.69) is 306 Å². The molecule has 1 fully saturated rings. The molecule has 9 aromatic carbocycles. The quantitative estimate of drug-likeness (QED) is 0.154. The molecular weight excluding hydrogens is 1000 g/mol. The van der Waals surface area contributed by atoms with E-state index in [4.69, 9.17) is 0 Å². The van der Waals surface area contributed by atoms with Crippen LogP contribution < -0.4 is 31.1 Å². The Morgan fingerprint density at radius 3 is 1.49 bits per heavy atom. The van der Waals surface area contributed by atoms with Crippen LogP contribution in [0.3, 0.4) is 0 Å². The van der Waals surface area contributed by atoms with Crippen molar-refractivity contribution in [2.75, 3.05) is 14.7 Å².